The highest BCUT2D eigenvalue weighted by molar-refractivity contribution is 5.56. The SMILES string of the molecule is Cn1cccc2[nH]c(=O)cc1-2. The number of rotatable bonds is 0. The van der Waals surface area contributed by atoms with Gasteiger partial charge in [0.25, 0.3) is 5.56 Å². The van der Waals surface area contributed by atoms with Crippen LogP contribution in [0.15, 0.2) is 29.2 Å². The molecule has 0 atom stereocenters. The van der Waals surface area contributed by atoms with Crippen LogP contribution in [0.4, 0.5) is 0 Å². The summed E-state index contributed by atoms with van der Waals surface area (Å²) in [6.07, 6.45) is 1.91. The molecule has 0 radical (unpaired) electrons. The molecule has 56 valence electrons. The minimum atomic E-state index is -0.0400. The Balaban J connectivity index is 2.89. The smallest absolute Gasteiger partial charge is 0.250 e. The first-order valence-electron chi connectivity index (χ1n) is 3.42. The molecule has 11 heavy (non-hydrogen) atoms. The molecule has 0 unspecified atom stereocenters. The second kappa shape index (κ2) is 1.99. The Morgan fingerprint density at radius 1 is 1.55 bits per heavy atom. The molecule has 2 heterocycles. The molecule has 3 heteroatoms. The second-order valence-corrected chi connectivity index (χ2v) is 2.55. The number of nitrogens with zero attached hydrogens (tertiary/aromatic N) is 1. The average Bonchev–Trinajstić information content (AvgIpc) is 2.31. The molecule has 0 saturated carbocycles. The van der Waals surface area contributed by atoms with Gasteiger partial charge in [-0.2, -0.15) is 0 Å². The average molecular weight is 148 g/mol. The summed E-state index contributed by atoms with van der Waals surface area (Å²) in [7, 11) is 1.91. The third kappa shape index (κ3) is 0.852. The van der Waals surface area contributed by atoms with Crippen molar-refractivity contribution in [2.45, 2.75) is 0 Å². The van der Waals surface area contributed by atoms with Crippen molar-refractivity contribution in [3.63, 3.8) is 0 Å². The number of nitrogens with one attached hydrogen (secondary N) is 1. The van der Waals surface area contributed by atoms with Crippen LogP contribution >= 0.6 is 0 Å². The van der Waals surface area contributed by atoms with E-state index in [1.807, 2.05) is 29.9 Å². The molecule has 2 rings (SSSR count). The van der Waals surface area contributed by atoms with Crippen LogP contribution in [0, 0.1) is 0 Å². The topological polar surface area (TPSA) is 37.8 Å². The van der Waals surface area contributed by atoms with Crippen molar-refractivity contribution in [3.8, 4) is 11.4 Å². The molecule has 0 spiro atoms. The second-order valence-electron chi connectivity index (χ2n) is 2.55. The van der Waals surface area contributed by atoms with Gasteiger partial charge >= 0.3 is 0 Å². The fourth-order valence-corrected chi connectivity index (χ4v) is 1.20. The van der Waals surface area contributed by atoms with Crippen molar-refractivity contribution in [1.29, 1.82) is 0 Å². The molecule has 0 saturated heterocycles. The molecule has 0 aromatic heterocycles. The number of hydrogen-bond acceptors (Lipinski definition) is 1. The molecule has 2 aliphatic rings. The van der Waals surface area contributed by atoms with Gasteiger partial charge in [-0.15, -0.1) is 0 Å². The first kappa shape index (κ1) is 6.22. The molecule has 0 bridgehead atoms. The van der Waals surface area contributed by atoms with E-state index in [2.05, 4.69) is 4.98 Å². The first-order chi connectivity index (χ1) is 5.27. The van der Waals surface area contributed by atoms with Gasteiger partial charge in [0, 0.05) is 19.3 Å². The fourth-order valence-electron chi connectivity index (χ4n) is 1.20. The van der Waals surface area contributed by atoms with E-state index in [4.69, 9.17) is 0 Å². The molecule has 2 aliphatic heterocycles. The Bertz CT molecular complexity index is 399. The van der Waals surface area contributed by atoms with Gasteiger partial charge in [-0.05, 0) is 12.1 Å². The summed E-state index contributed by atoms with van der Waals surface area (Å²) >= 11 is 0. The maximum Gasteiger partial charge on any atom is 0.250 e. The van der Waals surface area contributed by atoms with E-state index in [0.29, 0.717) is 0 Å². The van der Waals surface area contributed by atoms with Crippen LogP contribution in [-0.4, -0.2) is 9.55 Å². The van der Waals surface area contributed by atoms with Gasteiger partial charge < -0.3 is 9.55 Å². The maximum atomic E-state index is 10.9. The molecule has 1 N–H and O–H groups in total. The number of pyridine rings is 1. The zero-order chi connectivity index (χ0) is 7.84. The zero-order valence-corrected chi connectivity index (χ0v) is 6.16. The molecule has 0 amide bonds. The van der Waals surface area contributed by atoms with Crippen LogP contribution in [-0.2, 0) is 7.05 Å². The summed E-state index contributed by atoms with van der Waals surface area (Å²) in [4.78, 5) is 13.6. The van der Waals surface area contributed by atoms with Gasteiger partial charge in [-0.3, -0.25) is 4.79 Å². The zero-order valence-electron chi connectivity index (χ0n) is 6.16. The predicted octanol–water partition coefficient (Wildman–Crippen LogP) is 0.818. The Morgan fingerprint density at radius 3 is 3.09 bits per heavy atom. The normalized spacial score (nSPS) is 10.6. The van der Waals surface area contributed by atoms with Crippen molar-refractivity contribution in [1.82, 2.24) is 9.55 Å². The van der Waals surface area contributed by atoms with E-state index in [9.17, 15) is 4.79 Å². The van der Waals surface area contributed by atoms with Crippen LogP contribution in [0.2, 0.25) is 0 Å². The van der Waals surface area contributed by atoms with Gasteiger partial charge in [0.05, 0.1) is 11.4 Å². The fraction of sp³-hybridized carbons (Fsp3) is 0.125. The molecular formula is C8H8N2O. The van der Waals surface area contributed by atoms with E-state index in [0.717, 1.165) is 11.4 Å². The van der Waals surface area contributed by atoms with Gasteiger partial charge in [-0.25, -0.2) is 0 Å². The van der Waals surface area contributed by atoms with E-state index in [1.54, 1.807) is 6.07 Å². The van der Waals surface area contributed by atoms with E-state index in [1.165, 1.54) is 0 Å². The van der Waals surface area contributed by atoms with Gasteiger partial charge in [0.15, 0.2) is 0 Å². The van der Waals surface area contributed by atoms with Crippen molar-refractivity contribution in [2.24, 2.45) is 7.05 Å². The van der Waals surface area contributed by atoms with Crippen LogP contribution in [0.25, 0.3) is 11.4 Å². The number of aromatic nitrogens is 2. The minimum absolute atomic E-state index is 0.0400. The Morgan fingerprint density at radius 2 is 2.36 bits per heavy atom. The lowest BCUT2D eigenvalue weighted by atomic mass is 10.3. The quantitative estimate of drug-likeness (QED) is 0.590. The number of aryl methyl sites for hydroxylation is 1. The highest BCUT2D eigenvalue weighted by atomic mass is 16.1. The number of H-pyrrole nitrogens is 1. The van der Waals surface area contributed by atoms with E-state index < -0.39 is 0 Å². The molecule has 3 nitrogen and oxygen atoms in total. The first-order valence-corrected chi connectivity index (χ1v) is 3.42. The van der Waals surface area contributed by atoms with Gasteiger partial charge in [0.1, 0.15) is 0 Å². The summed E-state index contributed by atoms with van der Waals surface area (Å²) in [6, 6.07) is 5.38. The summed E-state index contributed by atoms with van der Waals surface area (Å²) < 4.78 is 1.91. The molecule has 0 fully saturated rings. The standard InChI is InChI=1S/C8H8N2O/c1-10-4-2-3-6-7(10)5-8(11)9-6/h2-5H,1H3,(H,9,11). The van der Waals surface area contributed by atoms with Crippen LogP contribution in [0.1, 0.15) is 0 Å². The van der Waals surface area contributed by atoms with Gasteiger partial charge in [0.2, 0.25) is 0 Å². The monoisotopic (exact) mass is 148 g/mol. The van der Waals surface area contributed by atoms with Crippen molar-refractivity contribution in [2.75, 3.05) is 0 Å². The lowest BCUT2D eigenvalue weighted by Gasteiger charge is -2.03. The summed E-state index contributed by atoms with van der Waals surface area (Å²) in [5.41, 5.74) is 1.79. The maximum absolute atomic E-state index is 10.9. The van der Waals surface area contributed by atoms with E-state index >= 15 is 0 Å². The summed E-state index contributed by atoms with van der Waals surface area (Å²) in [6.45, 7) is 0. The van der Waals surface area contributed by atoms with Crippen LogP contribution < -0.4 is 5.56 Å². The molecular weight excluding hydrogens is 140 g/mol. The van der Waals surface area contributed by atoms with Crippen LogP contribution in [0.3, 0.4) is 0 Å². The predicted molar refractivity (Wildman–Crippen MR) is 42.7 cm³/mol. The third-order valence-corrected chi connectivity index (χ3v) is 1.75. The Kier molecular flexibility index (Phi) is 1.12. The lowest BCUT2D eigenvalue weighted by molar-refractivity contribution is 0.913. The van der Waals surface area contributed by atoms with Crippen molar-refractivity contribution < 1.29 is 0 Å². The molecule has 0 aromatic carbocycles. The van der Waals surface area contributed by atoms with Crippen molar-refractivity contribution >= 4 is 0 Å². The molecule has 0 aliphatic carbocycles. The van der Waals surface area contributed by atoms with E-state index in [-0.39, 0.29) is 5.56 Å². The molecule has 0 aromatic rings. The number of fused-ring (bicyclic) bond motifs is 1. The Labute approximate surface area is 63.6 Å². The van der Waals surface area contributed by atoms with Crippen LogP contribution in [0.5, 0.6) is 0 Å². The summed E-state index contributed by atoms with van der Waals surface area (Å²) in [5.74, 6) is 0. The third-order valence-electron chi connectivity index (χ3n) is 1.75. The highest BCUT2D eigenvalue weighted by Gasteiger charge is 2.04. The number of aromatic amines is 1. The summed E-state index contributed by atoms with van der Waals surface area (Å²) in [5, 5.41) is 0. The minimum Gasteiger partial charge on any atom is -0.349 e. The lowest BCUT2D eigenvalue weighted by Crippen LogP contribution is -1.93. The Hall–Kier alpha value is -1.51. The highest BCUT2D eigenvalue weighted by Crippen LogP contribution is 2.14. The van der Waals surface area contributed by atoms with Gasteiger partial charge in [-0.1, -0.05) is 0 Å². The number of hydrogen-bond donors (Lipinski definition) is 1. The van der Waals surface area contributed by atoms with Crippen molar-refractivity contribution in [3.05, 3.63) is 34.7 Å². The largest absolute Gasteiger partial charge is 0.349 e.